The lowest BCUT2D eigenvalue weighted by molar-refractivity contribution is 0.620. The monoisotopic (exact) mass is 600 g/mol. The third-order valence-electron chi connectivity index (χ3n) is 8.98. The van der Waals surface area contributed by atoms with E-state index in [0.717, 1.165) is 61.2 Å². The van der Waals surface area contributed by atoms with Crippen LogP contribution in [0.1, 0.15) is 0 Å². The fraction of sp³-hybridized carbons (Fsp3) is 0. The minimum Gasteiger partial charge on any atom is -0.436 e. The first-order chi connectivity index (χ1) is 23.2. The van der Waals surface area contributed by atoms with Gasteiger partial charge in [0.05, 0.1) is 0 Å². The Morgan fingerprint density at radius 2 is 0.936 bits per heavy atom. The van der Waals surface area contributed by atoms with E-state index in [2.05, 4.69) is 157 Å². The van der Waals surface area contributed by atoms with Crippen LogP contribution in [0.2, 0.25) is 0 Å². The molecule has 0 saturated heterocycles. The Kier molecular flexibility index (Phi) is 6.46. The highest BCUT2D eigenvalue weighted by Crippen LogP contribution is 2.38. The van der Waals surface area contributed by atoms with E-state index in [-0.39, 0.29) is 0 Å². The normalized spacial score (nSPS) is 11.4. The summed E-state index contributed by atoms with van der Waals surface area (Å²) >= 11 is 0. The summed E-state index contributed by atoms with van der Waals surface area (Å²) in [7, 11) is 0. The Labute approximate surface area is 272 Å². The van der Waals surface area contributed by atoms with Crippen LogP contribution >= 0.6 is 0 Å². The van der Waals surface area contributed by atoms with Crippen molar-refractivity contribution < 1.29 is 4.42 Å². The molecule has 0 spiro atoms. The van der Waals surface area contributed by atoms with Crippen LogP contribution in [-0.4, -0.2) is 9.97 Å². The van der Waals surface area contributed by atoms with Gasteiger partial charge in [-0.15, -0.1) is 0 Å². The number of fused-ring (bicyclic) bond motifs is 3. The number of rotatable bonds is 5. The van der Waals surface area contributed by atoms with Crippen molar-refractivity contribution in [2.24, 2.45) is 0 Å². The Balaban J connectivity index is 1.12. The number of hydrogen-bond acceptors (Lipinski definition) is 3. The van der Waals surface area contributed by atoms with Gasteiger partial charge in [0.15, 0.2) is 5.58 Å². The van der Waals surface area contributed by atoms with Gasteiger partial charge in [0, 0.05) is 23.5 Å². The quantitative estimate of drug-likeness (QED) is 0.197. The van der Waals surface area contributed by atoms with Gasteiger partial charge in [-0.25, -0.2) is 4.98 Å². The SMILES string of the molecule is c1cncc(-c2ccc(-c3ccc(-c4nc5c(-c6ccc7ccccc7c6)cc(-c6ccc7ccccc7c6)cc5o4)cc3)cc2)c1. The smallest absolute Gasteiger partial charge is 0.227 e. The van der Waals surface area contributed by atoms with Gasteiger partial charge in [0.25, 0.3) is 0 Å². The highest BCUT2D eigenvalue weighted by Gasteiger charge is 2.17. The second kappa shape index (κ2) is 11.2. The molecule has 220 valence electrons. The summed E-state index contributed by atoms with van der Waals surface area (Å²) in [5.41, 5.74) is 11.5. The summed E-state index contributed by atoms with van der Waals surface area (Å²) in [6.07, 6.45) is 3.69. The van der Waals surface area contributed by atoms with Gasteiger partial charge >= 0.3 is 0 Å². The molecule has 0 N–H and O–H groups in total. The van der Waals surface area contributed by atoms with Crippen LogP contribution in [0.25, 0.3) is 88.6 Å². The van der Waals surface area contributed by atoms with Gasteiger partial charge < -0.3 is 4.42 Å². The molecule has 2 aromatic heterocycles. The highest BCUT2D eigenvalue weighted by molar-refractivity contribution is 5.99. The number of oxazole rings is 1. The molecule has 3 nitrogen and oxygen atoms in total. The molecule has 2 heterocycles. The van der Waals surface area contributed by atoms with E-state index in [1.807, 2.05) is 12.3 Å². The second-order valence-corrected chi connectivity index (χ2v) is 11.9. The number of pyridine rings is 1. The molecule has 0 fully saturated rings. The van der Waals surface area contributed by atoms with Crippen LogP contribution in [0.15, 0.2) is 175 Å². The van der Waals surface area contributed by atoms with Crippen molar-refractivity contribution in [2.75, 3.05) is 0 Å². The molecular weight excluding hydrogens is 572 g/mol. The van der Waals surface area contributed by atoms with E-state index in [0.29, 0.717) is 5.89 Å². The van der Waals surface area contributed by atoms with Crippen LogP contribution in [0.5, 0.6) is 0 Å². The van der Waals surface area contributed by atoms with Crippen molar-refractivity contribution in [2.45, 2.75) is 0 Å². The molecular formula is C44H28N2O. The van der Waals surface area contributed by atoms with E-state index in [1.54, 1.807) is 6.20 Å². The van der Waals surface area contributed by atoms with Crippen LogP contribution in [0.4, 0.5) is 0 Å². The van der Waals surface area contributed by atoms with E-state index in [9.17, 15) is 0 Å². The maximum absolute atomic E-state index is 6.55. The van der Waals surface area contributed by atoms with Gasteiger partial charge in [-0.1, -0.05) is 115 Å². The van der Waals surface area contributed by atoms with Crippen LogP contribution in [0, 0.1) is 0 Å². The Bertz CT molecular complexity index is 2550. The Hall–Kier alpha value is -6.32. The number of benzene rings is 7. The standard InChI is InChI=1S/C44H28N2O/c1-3-8-35-24-37(21-17-29(35)6-1)40-26-41(38-22-18-30-7-2-4-9-36(30)25-38)43-42(27-40)47-44(46-43)34-19-15-32(16-20-34)31-11-13-33(14-12-31)39-10-5-23-45-28-39/h1-28H. The first kappa shape index (κ1) is 27.0. The average molecular weight is 601 g/mol. The van der Waals surface area contributed by atoms with Crippen molar-refractivity contribution in [3.63, 3.8) is 0 Å². The molecule has 9 aromatic rings. The van der Waals surface area contributed by atoms with Crippen LogP contribution < -0.4 is 0 Å². The predicted molar refractivity (Wildman–Crippen MR) is 194 cm³/mol. The third kappa shape index (κ3) is 5.04. The van der Waals surface area contributed by atoms with Gasteiger partial charge in [-0.2, -0.15) is 0 Å². The molecule has 9 rings (SSSR count). The molecule has 0 aliphatic heterocycles. The maximum atomic E-state index is 6.55. The fourth-order valence-corrected chi connectivity index (χ4v) is 6.46. The van der Waals surface area contributed by atoms with Gasteiger partial charge in [-0.05, 0) is 103 Å². The third-order valence-corrected chi connectivity index (χ3v) is 8.98. The van der Waals surface area contributed by atoms with E-state index < -0.39 is 0 Å². The summed E-state index contributed by atoms with van der Waals surface area (Å²) in [5, 5.41) is 4.84. The topological polar surface area (TPSA) is 38.9 Å². The molecule has 47 heavy (non-hydrogen) atoms. The first-order valence-electron chi connectivity index (χ1n) is 15.8. The summed E-state index contributed by atoms with van der Waals surface area (Å²) < 4.78 is 6.55. The summed E-state index contributed by atoms with van der Waals surface area (Å²) in [6, 6.07) is 55.6. The molecule has 0 atom stereocenters. The zero-order valence-electron chi connectivity index (χ0n) is 25.5. The summed E-state index contributed by atoms with van der Waals surface area (Å²) in [4.78, 5) is 9.35. The lowest BCUT2D eigenvalue weighted by Crippen LogP contribution is -1.86. The van der Waals surface area contributed by atoms with E-state index in [4.69, 9.17) is 9.40 Å². The number of aromatic nitrogens is 2. The molecule has 0 radical (unpaired) electrons. The largest absolute Gasteiger partial charge is 0.436 e. The van der Waals surface area contributed by atoms with Crippen molar-refractivity contribution >= 4 is 32.6 Å². The zero-order valence-corrected chi connectivity index (χ0v) is 25.5. The molecule has 0 aliphatic rings. The lowest BCUT2D eigenvalue weighted by Gasteiger charge is -2.09. The highest BCUT2D eigenvalue weighted by atomic mass is 16.3. The molecule has 0 saturated carbocycles. The molecule has 3 heteroatoms. The van der Waals surface area contributed by atoms with Crippen LogP contribution in [0.3, 0.4) is 0 Å². The lowest BCUT2D eigenvalue weighted by atomic mass is 9.95. The van der Waals surface area contributed by atoms with Crippen LogP contribution in [-0.2, 0) is 0 Å². The molecule has 7 aromatic carbocycles. The number of nitrogens with zero attached hydrogens (tertiary/aromatic N) is 2. The minimum absolute atomic E-state index is 0.608. The zero-order chi connectivity index (χ0) is 31.2. The summed E-state index contributed by atoms with van der Waals surface area (Å²) in [6.45, 7) is 0. The first-order valence-corrected chi connectivity index (χ1v) is 15.8. The summed E-state index contributed by atoms with van der Waals surface area (Å²) in [5.74, 6) is 0.608. The van der Waals surface area contributed by atoms with Gasteiger partial charge in [-0.3, -0.25) is 4.98 Å². The van der Waals surface area contributed by atoms with E-state index >= 15 is 0 Å². The van der Waals surface area contributed by atoms with Crippen molar-refractivity contribution in [3.8, 4) is 56.0 Å². The van der Waals surface area contributed by atoms with Crippen molar-refractivity contribution in [3.05, 3.63) is 170 Å². The maximum Gasteiger partial charge on any atom is 0.227 e. The van der Waals surface area contributed by atoms with Crippen molar-refractivity contribution in [1.29, 1.82) is 0 Å². The molecule has 0 amide bonds. The molecule has 0 aliphatic carbocycles. The average Bonchev–Trinajstić information content (AvgIpc) is 3.59. The van der Waals surface area contributed by atoms with Gasteiger partial charge in [0.1, 0.15) is 5.52 Å². The Morgan fingerprint density at radius 1 is 0.383 bits per heavy atom. The van der Waals surface area contributed by atoms with Crippen molar-refractivity contribution in [1.82, 2.24) is 9.97 Å². The predicted octanol–water partition coefficient (Wildman–Crippen LogP) is 11.9. The van der Waals surface area contributed by atoms with E-state index in [1.165, 1.54) is 21.5 Å². The molecule has 0 unspecified atom stereocenters. The minimum atomic E-state index is 0.608. The fourth-order valence-electron chi connectivity index (χ4n) is 6.46. The second-order valence-electron chi connectivity index (χ2n) is 11.9. The number of hydrogen-bond donors (Lipinski definition) is 0. The van der Waals surface area contributed by atoms with Gasteiger partial charge in [0.2, 0.25) is 5.89 Å². The molecule has 0 bridgehead atoms. The Morgan fingerprint density at radius 3 is 1.57 bits per heavy atom.